The molecule has 1 nitrogen and oxygen atoms in total. The van der Waals surface area contributed by atoms with Crippen LogP contribution in [0, 0.1) is 5.92 Å². The van der Waals surface area contributed by atoms with Gasteiger partial charge in [-0.1, -0.05) is 38.1 Å². The molecular formula is C14H17N. The van der Waals surface area contributed by atoms with E-state index in [0.29, 0.717) is 0 Å². The largest absolute Gasteiger partial charge is 0.253 e. The van der Waals surface area contributed by atoms with E-state index in [1.807, 2.05) is 6.07 Å². The number of fused-ring (bicyclic) bond motifs is 1. The van der Waals surface area contributed by atoms with Crippen LogP contribution in [0.15, 0.2) is 36.4 Å². The van der Waals surface area contributed by atoms with Gasteiger partial charge >= 0.3 is 0 Å². The smallest absolute Gasteiger partial charge is 0.0705 e. The van der Waals surface area contributed by atoms with Crippen LogP contribution in [0.1, 0.15) is 26.0 Å². The Balaban J connectivity index is 2.23. The van der Waals surface area contributed by atoms with Crippen molar-refractivity contribution in [3.63, 3.8) is 0 Å². The van der Waals surface area contributed by atoms with E-state index in [-0.39, 0.29) is 0 Å². The Morgan fingerprint density at radius 1 is 1.07 bits per heavy atom. The second kappa shape index (κ2) is 4.43. The average molecular weight is 199 g/mol. The summed E-state index contributed by atoms with van der Waals surface area (Å²) in [6.07, 6.45) is 2.30. The number of aromatic nitrogens is 1. The molecule has 0 N–H and O–H groups in total. The minimum Gasteiger partial charge on any atom is -0.253 e. The summed E-state index contributed by atoms with van der Waals surface area (Å²) in [6, 6.07) is 12.6. The molecule has 1 aromatic carbocycles. The highest BCUT2D eigenvalue weighted by Gasteiger charge is 1.99. The number of para-hydroxylation sites is 1. The van der Waals surface area contributed by atoms with Gasteiger partial charge in [0, 0.05) is 11.1 Å². The fourth-order valence-corrected chi connectivity index (χ4v) is 1.68. The molecule has 2 aromatic rings. The van der Waals surface area contributed by atoms with Gasteiger partial charge in [-0.3, -0.25) is 4.98 Å². The van der Waals surface area contributed by atoms with Crippen LogP contribution in [0.3, 0.4) is 0 Å². The molecule has 15 heavy (non-hydrogen) atoms. The number of pyridine rings is 1. The van der Waals surface area contributed by atoms with E-state index < -0.39 is 0 Å². The normalized spacial score (nSPS) is 11.1. The molecule has 1 heterocycles. The summed E-state index contributed by atoms with van der Waals surface area (Å²) >= 11 is 0. The highest BCUT2D eigenvalue weighted by Crippen LogP contribution is 2.14. The highest BCUT2D eigenvalue weighted by molar-refractivity contribution is 5.78. The number of hydrogen-bond donors (Lipinski definition) is 0. The second-order valence-electron chi connectivity index (χ2n) is 4.43. The molecule has 0 radical (unpaired) electrons. The van der Waals surface area contributed by atoms with Gasteiger partial charge in [-0.15, -0.1) is 0 Å². The Morgan fingerprint density at radius 3 is 2.67 bits per heavy atom. The first-order chi connectivity index (χ1) is 7.25. The summed E-state index contributed by atoms with van der Waals surface area (Å²) in [4.78, 5) is 4.65. The lowest BCUT2D eigenvalue weighted by Gasteiger charge is -2.05. The maximum atomic E-state index is 4.65. The first-order valence-electron chi connectivity index (χ1n) is 5.60. The van der Waals surface area contributed by atoms with E-state index in [1.165, 1.54) is 17.5 Å². The number of benzene rings is 1. The lowest BCUT2D eigenvalue weighted by Crippen LogP contribution is -1.95. The van der Waals surface area contributed by atoms with Gasteiger partial charge in [-0.25, -0.2) is 0 Å². The second-order valence-corrected chi connectivity index (χ2v) is 4.43. The monoisotopic (exact) mass is 199 g/mol. The summed E-state index contributed by atoms with van der Waals surface area (Å²) in [5.41, 5.74) is 2.32. The Morgan fingerprint density at radius 2 is 1.87 bits per heavy atom. The molecule has 0 aliphatic carbocycles. The molecule has 0 fully saturated rings. The van der Waals surface area contributed by atoms with Gasteiger partial charge in [0.25, 0.3) is 0 Å². The molecule has 0 atom stereocenters. The van der Waals surface area contributed by atoms with E-state index in [4.69, 9.17) is 0 Å². The minimum absolute atomic E-state index is 0.748. The van der Waals surface area contributed by atoms with E-state index in [1.54, 1.807) is 0 Å². The van der Waals surface area contributed by atoms with Gasteiger partial charge < -0.3 is 0 Å². The predicted octanol–water partition coefficient (Wildman–Crippen LogP) is 3.82. The summed E-state index contributed by atoms with van der Waals surface area (Å²) in [6.45, 7) is 4.50. The Kier molecular flexibility index (Phi) is 3.00. The molecule has 78 valence electrons. The van der Waals surface area contributed by atoms with Crippen molar-refractivity contribution < 1.29 is 0 Å². The molecule has 0 unspecified atom stereocenters. The van der Waals surface area contributed by atoms with Gasteiger partial charge in [0.05, 0.1) is 5.52 Å². The zero-order valence-corrected chi connectivity index (χ0v) is 9.40. The van der Waals surface area contributed by atoms with Crippen LogP contribution in [-0.4, -0.2) is 4.98 Å². The van der Waals surface area contributed by atoms with Crippen LogP contribution in [0.25, 0.3) is 10.9 Å². The molecule has 0 spiro atoms. The summed E-state index contributed by atoms with van der Waals surface area (Å²) in [5, 5.41) is 1.23. The molecule has 2 rings (SSSR count). The van der Waals surface area contributed by atoms with E-state index in [2.05, 4.69) is 49.2 Å². The van der Waals surface area contributed by atoms with Gasteiger partial charge in [0.2, 0.25) is 0 Å². The highest BCUT2D eigenvalue weighted by atomic mass is 14.7. The maximum Gasteiger partial charge on any atom is 0.0705 e. The van der Waals surface area contributed by atoms with Crippen molar-refractivity contribution in [1.29, 1.82) is 0 Å². The van der Waals surface area contributed by atoms with Crippen molar-refractivity contribution in [3.05, 3.63) is 42.1 Å². The van der Waals surface area contributed by atoms with Gasteiger partial charge in [-0.05, 0) is 30.9 Å². The van der Waals surface area contributed by atoms with Crippen molar-refractivity contribution in [3.8, 4) is 0 Å². The van der Waals surface area contributed by atoms with Crippen LogP contribution >= 0.6 is 0 Å². The van der Waals surface area contributed by atoms with Gasteiger partial charge in [-0.2, -0.15) is 0 Å². The Hall–Kier alpha value is -1.37. The SMILES string of the molecule is CC(C)CCc1ccc2ccccc2n1. The molecular weight excluding hydrogens is 182 g/mol. The van der Waals surface area contributed by atoms with Crippen LogP contribution < -0.4 is 0 Å². The molecule has 0 saturated carbocycles. The summed E-state index contributed by atoms with van der Waals surface area (Å²) < 4.78 is 0. The van der Waals surface area contributed by atoms with Crippen molar-refractivity contribution in [2.75, 3.05) is 0 Å². The third kappa shape index (κ3) is 2.56. The number of rotatable bonds is 3. The fraction of sp³-hybridized carbons (Fsp3) is 0.357. The van der Waals surface area contributed by atoms with E-state index in [9.17, 15) is 0 Å². The van der Waals surface area contributed by atoms with Crippen LogP contribution in [0.5, 0.6) is 0 Å². The minimum atomic E-state index is 0.748. The molecule has 0 aliphatic rings. The number of hydrogen-bond acceptors (Lipinski definition) is 1. The fourth-order valence-electron chi connectivity index (χ4n) is 1.68. The summed E-state index contributed by atoms with van der Waals surface area (Å²) in [5.74, 6) is 0.748. The van der Waals surface area contributed by atoms with Crippen LogP contribution in [0.4, 0.5) is 0 Å². The van der Waals surface area contributed by atoms with Crippen LogP contribution in [-0.2, 0) is 6.42 Å². The zero-order chi connectivity index (χ0) is 10.7. The topological polar surface area (TPSA) is 12.9 Å². The van der Waals surface area contributed by atoms with Crippen molar-refractivity contribution >= 4 is 10.9 Å². The third-order valence-electron chi connectivity index (χ3n) is 2.63. The zero-order valence-electron chi connectivity index (χ0n) is 9.40. The van der Waals surface area contributed by atoms with Gasteiger partial charge in [0.1, 0.15) is 0 Å². The lowest BCUT2D eigenvalue weighted by molar-refractivity contribution is 0.582. The molecule has 0 saturated heterocycles. The first kappa shape index (κ1) is 10.2. The van der Waals surface area contributed by atoms with Crippen LogP contribution in [0.2, 0.25) is 0 Å². The standard InChI is InChI=1S/C14H17N/c1-11(2)7-9-13-10-8-12-5-3-4-6-14(12)15-13/h3-6,8,10-11H,7,9H2,1-2H3. The third-order valence-corrected chi connectivity index (χ3v) is 2.63. The van der Waals surface area contributed by atoms with Gasteiger partial charge in [0.15, 0.2) is 0 Å². The molecule has 0 bridgehead atoms. The van der Waals surface area contributed by atoms with E-state index >= 15 is 0 Å². The summed E-state index contributed by atoms with van der Waals surface area (Å²) in [7, 11) is 0. The van der Waals surface area contributed by atoms with E-state index in [0.717, 1.165) is 17.9 Å². The Labute approximate surface area is 91.2 Å². The average Bonchev–Trinajstić information content (AvgIpc) is 2.26. The quantitative estimate of drug-likeness (QED) is 0.732. The first-order valence-corrected chi connectivity index (χ1v) is 5.60. The lowest BCUT2D eigenvalue weighted by atomic mass is 10.1. The Bertz CT molecular complexity index is 446. The van der Waals surface area contributed by atoms with Crippen molar-refractivity contribution in [2.24, 2.45) is 5.92 Å². The van der Waals surface area contributed by atoms with Crippen molar-refractivity contribution in [2.45, 2.75) is 26.7 Å². The molecule has 1 heteroatoms. The van der Waals surface area contributed by atoms with Crippen molar-refractivity contribution in [1.82, 2.24) is 4.98 Å². The number of aryl methyl sites for hydroxylation is 1. The molecule has 1 aromatic heterocycles. The molecule has 0 amide bonds. The molecule has 0 aliphatic heterocycles. The maximum absolute atomic E-state index is 4.65. The predicted molar refractivity (Wildman–Crippen MR) is 64.9 cm³/mol. The number of nitrogens with zero attached hydrogens (tertiary/aromatic N) is 1.